The molecule has 3 rings (SSSR count). The van der Waals surface area contributed by atoms with Gasteiger partial charge >= 0.3 is 6.18 Å². The van der Waals surface area contributed by atoms with Crippen LogP contribution in [0.4, 0.5) is 18.3 Å². The van der Waals surface area contributed by atoms with E-state index in [1.807, 2.05) is 4.90 Å². The Kier molecular flexibility index (Phi) is 3.88. The third-order valence-corrected chi connectivity index (χ3v) is 5.51. The van der Waals surface area contributed by atoms with Crippen molar-refractivity contribution in [1.29, 1.82) is 0 Å². The first-order valence-electron chi connectivity index (χ1n) is 7.19. The summed E-state index contributed by atoms with van der Waals surface area (Å²) in [6.45, 7) is 0.868. The fourth-order valence-corrected chi connectivity index (χ4v) is 4.15. The number of alkyl halides is 3. The zero-order valence-corrected chi connectivity index (χ0v) is 12.0. The van der Waals surface area contributed by atoms with Crippen LogP contribution in [0, 0.1) is 5.92 Å². The van der Waals surface area contributed by atoms with E-state index in [2.05, 4.69) is 10.2 Å². The molecule has 1 aliphatic carbocycles. The Balaban J connectivity index is 1.61. The molecule has 20 heavy (non-hydrogen) atoms. The van der Waals surface area contributed by atoms with E-state index in [-0.39, 0.29) is 12.8 Å². The van der Waals surface area contributed by atoms with Crippen LogP contribution in [0.3, 0.4) is 0 Å². The van der Waals surface area contributed by atoms with Crippen LogP contribution in [0.2, 0.25) is 0 Å². The molecule has 0 bridgehead atoms. The van der Waals surface area contributed by atoms with Gasteiger partial charge in [-0.05, 0) is 25.7 Å². The predicted octanol–water partition coefficient (Wildman–Crippen LogP) is 3.97. The number of aromatic nitrogens is 2. The van der Waals surface area contributed by atoms with E-state index in [9.17, 15) is 13.2 Å². The van der Waals surface area contributed by atoms with Crippen LogP contribution in [-0.4, -0.2) is 29.5 Å². The highest BCUT2D eigenvalue weighted by atomic mass is 32.1. The van der Waals surface area contributed by atoms with E-state index in [1.165, 1.54) is 25.7 Å². The Morgan fingerprint density at radius 1 is 1.00 bits per heavy atom. The summed E-state index contributed by atoms with van der Waals surface area (Å²) in [5.41, 5.74) is 0. The normalized spacial score (nSPS) is 22.6. The summed E-state index contributed by atoms with van der Waals surface area (Å²) < 4.78 is 37.9. The Morgan fingerprint density at radius 2 is 1.65 bits per heavy atom. The van der Waals surface area contributed by atoms with Crippen LogP contribution in [0.1, 0.15) is 49.5 Å². The minimum atomic E-state index is -4.05. The topological polar surface area (TPSA) is 29.0 Å². The molecule has 1 saturated carbocycles. The van der Waals surface area contributed by atoms with Gasteiger partial charge in [0, 0.05) is 19.0 Å². The molecule has 112 valence electrons. The molecule has 1 aromatic rings. The Morgan fingerprint density at radius 3 is 2.25 bits per heavy atom. The molecule has 1 aromatic heterocycles. The zero-order chi connectivity index (χ0) is 14.2. The molecule has 0 unspecified atom stereocenters. The lowest BCUT2D eigenvalue weighted by Crippen LogP contribution is -2.38. The molecule has 2 aliphatic rings. The van der Waals surface area contributed by atoms with Crippen molar-refractivity contribution in [3.63, 3.8) is 0 Å². The summed E-state index contributed by atoms with van der Waals surface area (Å²) in [6, 6.07) is 0. The number of halogens is 3. The van der Waals surface area contributed by atoms with E-state index in [0.717, 1.165) is 10.1 Å². The van der Waals surface area contributed by atoms with Crippen molar-refractivity contribution in [3.05, 3.63) is 5.01 Å². The highest BCUT2D eigenvalue weighted by Gasteiger charge is 2.41. The van der Waals surface area contributed by atoms with Gasteiger partial charge in [-0.25, -0.2) is 0 Å². The van der Waals surface area contributed by atoms with Crippen molar-refractivity contribution in [2.75, 3.05) is 18.0 Å². The van der Waals surface area contributed by atoms with Crippen LogP contribution in [0.5, 0.6) is 0 Å². The van der Waals surface area contributed by atoms with Gasteiger partial charge in [0.15, 0.2) is 0 Å². The molecule has 1 saturated heterocycles. The van der Waals surface area contributed by atoms with Gasteiger partial charge in [0.2, 0.25) is 5.13 Å². The lowest BCUT2D eigenvalue weighted by Gasteiger charge is -2.32. The Labute approximate surface area is 120 Å². The predicted molar refractivity (Wildman–Crippen MR) is 72.1 cm³/mol. The quantitative estimate of drug-likeness (QED) is 0.827. The number of hydrogen-bond donors (Lipinski definition) is 0. The lowest BCUT2D eigenvalue weighted by molar-refractivity contribution is -0.179. The standard InChI is InChI=1S/C13H18F3N3S/c14-13(15,16)10-5-7-19(8-6-10)12-18-17-11(20-12)9-3-1-2-4-9/h9-10H,1-8H2. The van der Waals surface area contributed by atoms with Gasteiger partial charge in [-0.15, -0.1) is 10.2 Å². The van der Waals surface area contributed by atoms with Crippen LogP contribution in [0.15, 0.2) is 0 Å². The first kappa shape index (κ1) is 14.1. The van der Waals surface area contributed by atoms with Crippen molar-refractivity contribution in [2.45, 2.75) is 50.6 Å². The summed E-state index contributed by atoms with van der Waals surface area (Å²) in [5, 5.41) is 10.3. The van der Waals surface area contributed by atoms with Crippen molar-refractivity contribution >= 4 is 16.5 Å². The fraction of sp³-hybridized carbons (Fsp3) is 0.846. The summed E-state index contributed by atoms with van der Waals surface area (Å²) >= 11 is 1.57. The molecule has 0 radical (unpaired) electrons. The maximum Gasteiger partial charge on any atom is 0.391 e. The van der Waals surface area contributed by atoms with Gasteiger partial charge < -0.3 is 4.90 Å². The molecule has 2 fully saturated rings. The minimum absolute atomic E-state index is 0.168. The van der Waals surface area contributed by atoms with Gasteiger partial charge in [-0.3, -0.25) is 0 Å². The third-order valence-electron chi connectivity index (χ3n) is 4.36. The van der Waals surface area contributed by atoms with Crippen LogP contribution in [-0.2, 0) is 0 Å². The highest BCUT2D eigenvalue weighted by molar-refractivity contribution is 7.15. The van der Waals surface area contributed by atoms with Gasteiger partial charge in [0.25, 0.3) is 0 Å². The number of anilines is 1. The molecular weight excluding hydrogens is 287 g/mol. The van der Waals surface area contributed by atoms with Gasteiger partial charge in [0.05, 0.1) is 5.92 Å². The molecule has 7 heteroatoms. The average molecular weight is 305 g/mol. The Bertz CT molecular complexity index is 446. The molecule has 0 spiro atoms. The summed E-state index contributed by atoms with van der Waals surface area (Å²) in [5.74, 6) is -0.630. The molecule has 0 N–H and O–H groups in total. The second-order valence-corrected chi connectivity index (χ2v) is 6.69. The van der Waals surface area contributed by atoms with E-state index in [4.69, 9.17) is 0 Å². The maximum atomic E-state index is 12.6. The zero-order valence-electron chi connectivity index (χ0n) is 11.2. The minimum Gasteiger partial charge on any atom is -0.347 e. The first-order valence-corrected chi connectivity index (χ1v) is 8.01. The monoisotopic (exact) mass is 305 g/mol. The van der Waals surface area contributed by atoms with Crippen molar-refractivity contribution in [2.24, 2.45) is 5.92 Å². The van der Waals surface area contributed by atoms with E-state index in [0.29, 0.717) is 19.0 Å². The molecule has 0 atom stereocenters. The number of rotatable bonds is 2. The van der Waals surface area contributed by atoms with Crippen LogP contribution in [0.25, 0.3) is 0 Å². The first-order chi connectivity index (χ1) is 9.54. The smallest absolute Gasteiger partial charge is 0.347 e. The summed E-state index contributed by atoms with van der Waals surface area (Å²) in [4.78, 5) is 1.96. The molecule has 0 amide bonds. The molecular formula is C13H18F3N3S. The summed E-state index contributed by atoms with van der Waals surface area (Å²) in [7, 11) is 0. The molecule has 2 heterocycles. The second-order valence-electron chi connectivity index (χ2n) is 5.71. The Hall–Kier alpha value is -0.850. The molecule has 1 aliphatic heterocycles. The molecule has 0 aromatic carbocycles. The highest BCUT2D eigenvalue weighted by Crippen LogP contribution is 2.39. The van der Waals surface area contributed by atoms with Gasteiger partial charge in [-0.1, -0.05) is 24.2 Å². The van der Waals surface area contributed by atoms with E-state index in [1.54, 1.807) is 11.3 Å². The fourth-order valence-electron chi connectivity index (χ4n) is 3.09. The van der Waals surface area contributed by atoms with Gasteiger partial charge in [-0.2, -0.15) is 13.2 Å². The SMILES string of the molecule is FC(F)(F)C1CCN(c2nnc(C3CCCC3)s2)CC1. The van der Waals surface area contributed by atoms with Crippen molar-refractivity contribution in [3.8, 4) is 0 Å². The third kappa shape index (κ3) is 2.92. The number of hydrogen-bond acceptors (Lipinski definition) is 4. The number of nitrogens with zero attached hydrogens (tertiary/aromatic N) is 3. The largest absolute Gasteiger partial charge is 0.391 e. The van der Waals surface area contributed by atoms with Crippen molar-refractivity contribution in [1.82, 2.24) is 10.2 Å². The average Bonchev–Trinajstić information content (AvgIpc) is 3.09. The summed E-state index contributed by atoms with van der Waals surface area (Å²) in [6.07, 6.45) is 1.12. The lowest BCUT2D eigenvalue weighted by atomic mass is 9.97. The van der Waals surface area contributed by atoms with Crippen LogP contribution >= 0.6 is 11.3 Å². The second kappa shape index (κ2) is 5.50. The molecule has 3 nitrogen and oxygen atoms in total. The number of piperidine rings is 1. The maximum absolute atomic E-state index is 12.6. The van der Waals surface area contributed by atoms with E-state index >= 15 is 0 Å². The van der Waals surface area contributed by atoms with E-state index < -0.39 is 12.1 Å². The van der Waals surface area contributed by atoms with Crippen molar-refractivity contribution < 1.29 is 13.2 Å². The van der Waals surface area contributed by atoms with Crippen LogP contribution < -0.4 is 4.90 Å². The van der Waals surface area contributed by atoms with Gasteiger partial charge in [0.1, 0.15) is 5.01 Å².